The average Bonchev–Trinajstić information content (AvgIpc) is 3.69. The van der Waals surface area contributed by atoms with Gasteiger partial charge in [0, 0.05) is 47.3 Å². The highest BCUT2D eigenvalue weighted by molar-refractivity contribution is 8.03. The molecule has 0 spiro atoms. The van der Waals surface area contributed by atoms with E-state index in [1.54, 1.807) is 21.1 Å². The largest absolute Gasteiger partial charge is 0.493 e. The van der Waals surface area contributed by atoms with E-state index in [0.717, 1.165) is 37.2 Å². The summed E-state index contributed by atoms with van der Waals surface area (Å²) in [5.74, 6) is -0.447. The summed E-state index contributed by atoms with van der Waals surface area (Å²) in [4.78, 5) is 42.6. The van der Waals surface area contributed by atoms with Crippen molar-refractivity contribution >= 4 is 40.8 Å². The van der Waals surface area contributed by atoms with Gasteiger partial charge in [-0.1, -0.05) is 43.4 Å². The predicted molar refractivity (Wildman–Crippen MR) is 222 cm³/mol. The quantitative estimate of drug-likeness (QED) is 0.0737. The van der Waals surface area contributed by atoms with Gasteiger partial charge in [0.2, 0.25) is 17.2 Å². The molecule has 2 aromatic carbocycles. The van der Waals surface area contributed by atoms with Gasteiger partial charge in [-0.05, 0) is 80.3 Å². The van der Waals surface area contributed by atoms with Crippen molar-refractivity contribution in [3.05, 3.63) is 88.0 Å². The van der Waals surface area contributed by atoms with Crippen molar-refractivity contribution in [2.24, 2.45) is 17.8 Å². The SMILES string of the molecule is COc1ccc(CCCc2cccc(OCCNC(=O)C3=CC(CN4CC(SC5=C(C(=O)O)N6C(=O)C(C(C)O)C6C5C)CC4CNS(=O)O)CC=C3)c2)cc1OC. The molecule has 314 valence electrons. The molecular formula is C42H54N4O10S2. The number of likely N-dealkylation sites (tertiary alicyclic amines) is 1. The van der Waals surface area contributed by atoms with Crippen LogP contribution in [0.15, 0.2) is 76.9 Å². The van der Waals surface area contributed by atoms with Gasteiger partial charge in [-0.2, -0.15) is 0 Å². The number of aliphatic hydroxyl groups is 1. The fraction of sp³-hybridized carbons (Fsp3) is 0.500. The van der Waals surface area contributed by atoms with Crippen LogP contribution in [0.2, 0.25) is 0 Å². The van der Waals surface area contributed by atoms with Crippen LogP contribution in [0.1, 0.15) is 44.2 Å². The highest BCUT2D eigenvalue weighted by Crippen LogP contribution is 2.52. The van der Waals surface area contributed by atoms with E-state index in [0.29, 0.717) is 48.9 Å². The molecule has 3 aliphatic heterocycles. The Balaban J connectivity index is 0.992. The molecule has 3 heterocycles. The van der Waals surface area contributed by atoms with Gasteiger partial charge < -0.3 is 34.6 Å². The molecule has 2 aromatic rings. The number of aliphatic carboxylic acids is 1. The number of rotatable bonds is 20. The molecule has 0 bridgehead atoms. The number of hydrogen-bond acceptors (Lipinski definition) is 10. The van der Waals surface area contributed by atoms with E-state index < -0.39 is 35.3 Å². The normalized spacial score (nSPS) is 25.2. The van der Waals surface area contributed by atoms with E-state index in [1.807, 2.05) is 55.5 Å². The number of nitrogens with zero attached hydrogens (tertiary/aromatic N) is 2. The molecule has 0 saturated carbocycles. The molecule has 2 amide bonds. The summed E-state index contributed by atoms with van der Waals surface area (Å²) in [6, 6.07) is 13.5. The number of nitrogens with one attached hydrogen (secondary N) is 2. The number of carbonyl (C=O) groups excluding carboxylic acids is 2. The van der Waals surface area contributed by atoms with Gasteiger partial charge in [-0.25, -0.2) is 13.7 Å². The maximum absolute atomic E-state index is 13.2. The summed E-state index contributed by atoms with van der Waals surface area (Å²) in [5, 5.41) is 23.3. The number of carboxylic acid groups (broad SMARTS) is 1. The third-order valence-electron chi connectivity index (χ3n) is 11.4. The first-order valence-electron chi connectivity index (χ1n) is 19.7. The lowest BCUT2D eigenvalue weighted by atomic mass is 9.79. The monoisotopic (exact) mass is 838 g/mol. The Bertz CT molecular complexity index is 1950. The molecular weight excluding hydrogens is 785 g/mol. The van der Waals surface area contributed by atoms with Crippen LogP contribution >= 0.6 is 11.8 Å². The minimum Gasteiger partial charge on any atom is -0.493 e. The maximum atomic E-state index is 13.2. The van der Waals surface area contributed by atoms with Gasteiger partial charge in [-0.15, -0.1) is 11.8 Å². The fourth-order valence-electron chi connectivity index (χ4n) is 8.57. The zero-order valence-electron chi connectivity index (χ0n) is 33.3. The first kappa shape index (κ1) is 43.4. The van der Waals surface area contributed by atoms with Crippen LogP contribution in [0, 0.1) is 17.8 Å². The van der Waals surface area contributed by atoms with E-state index in [2.05, 4.69) is 27.1 Å². The number of fused-ring (bicyclic) bond motifs is 1. The second-order valence-corrected chi connectivity index (χ2v) is 17.4. The van der Waals surface area contributed by atoms with Crippen LogP contribution in [0.25, 0.3) is 0 Å². The summed E-state index contributed by atoms with van der Waals surface area (Å²) in [6.45, 7) is 5.52. The third-order valence-corrected chi connectivity index (χ3v) is 13.3. The molecule has 16 heteroatoms. The van der Waals surface area contributed by atoms with Crippen LogP contribution in [0.3, 0.4) is 0 Å². The fourth-order valence-corrected chi connectivity index (χ4v) is 10.5. The number of benzene rings is 2. The Morgan fingerprint density at radius 1 is 1.09 bits per heavy atom. The number of allylic oxidation sites excluding steroid dienone is 1. The lowest BCUT2D eigenvalue weighted by Crippen LogP contribution is -2.63. The highest BCUT2D eigenvalue weighted by Gasteiger charge is 2.60. The second kappa shape index (κ2) is 19.7. The van der Waals surface area contributed by atoms with E-state index >= 15 is 0 Å². The summed E-state index contributed by atoms with van der Waals surface area (Å²) in [7, 11) is 3.26. The zero-order valence-corrected chi connectivity index (χ0v) is 34.9. The molecule has 2 fully saturated rings. The zero-order chi connectivity index (χ0) is 41.5. The number of aryl methyl sites for hydroxylation is 2. The standard InChI is InChI=1S/C42H54N4O10S2/c1-25-37-36(26(2)47)41(49)46(37)38(42(50)51)39(25)57-33-21-31(22-44-58(52)53)45(24-33)23-29-11-6-12-30(18-29)40(48)43-16-17-56-32-13-7-10-27(19-32)8-5-9-28-14-15-34(54-3)35(20-28)55-4/h6-7,10,12-15,18-20,25-26,29,31,33,36-37,44,47H,5,8-9,11,16-17,21-24H2,1-4H3,(H,43,48)(H,50,51)(H,52,53). The number of ether oxygens (including phenoxy) is 3. The van der Waals surface area contributed by atoms with Crippen molar-refractivity contribution in [3.8, 4) is 17.2 Å². The number of amides is 2. The van der Waals surface area contributed by atoms with Gasteiger partial charge in [0.15, 0.2) is 11.5 Å². The molecule has 0 aromatic heterocycles. The first-order chi connectivity index (χ1) is 27.9. The van der Waals surface area contributed by atoms with E-state index in [1.165, 1.54) is 27.8 Å². The minimum atomic E-state index is -2.20. The summed E-state index contributed by atoms with van der Waals surface area (Å²) >= 11 is -0.752. The van der Waals surface area contributed by atoms with Crippen LogP contribution in [-0.2, 0) is 38.5 Å². The van der Waals surface area contributed by atoms with Crippen LogP contribution in [-0.4, -0.2) is 117 Å². The Hall–Kier alpha value is -4.19. The third kappa shape index (κ3) is 10.1. The first-order valence-corrected chi connectivity index (χ1v) is 21.7. The number of hydrogen-bond donors (Lipinski definition) is 5. The maximum Gasteiger partial charge on any atom is 0.353 e. The molecule has 2 saturated heterocycles. The topological polar surface area (TPSA) is 187 Å². The number of carbonyl (C=O) groups is 3. The van der Waals surface area contributed by atoms with Crippen molar-refractivity contribution in [2.45, 2.75) is 69.4 Å². The van der Waals surface area contributed by atoms with Crippen LogP contribution in [0.5, 0.6) is 17.2 Å². The Morgan fingerprint density at radius 3 is 2.55 bits per heavy atom. The van der Waals surface area contributed by atoms with E-state index in [4.69, 9.17) is 14.2 Å². The molecule has 0 radical (unpaired) electrons. The van der Waals surface area contributed by atoms with Gasteiger partial charge in [0.1, 0.15) is 18.1 Å². The molecule has 4 aliphatic rings. The molecule has 1 aliphatic carbocycles. The van der Waals surface area contributed by atoms with Crippen molar-refractivity contribution in [2.75, 3.05) is 47.0 Å². The number of methoxy groups -OCH3 is 2. The molecule has 8 unspecified atom stereocenters. The summed E-state index contributed by atoms with van der Waals surface area (Å²) < 4.78 is 40.4. The molecule has 8 atom stereocenters. The number of aliphatic hydroxyl groups excluding tert-OH is 1. The minimum absolute atomic E-state index is 0.00735. The highest BCUT2D eigenvalue weighted by atomic mass is 32.2. The van der Waals surface area contributed by atoms with Gasteiger partial charge in [0.05, 0.1) is 38.8 Å². The number of carboxylic acids is 1. The van der Waals surface area contributed by atoms with Crippen molar-refractivity contribution in [3.63, 3.8) is 0 Å². The molecule has 5 N–H and O–H groups in total. The predicted octanol–water partition coefficient (Wildman–Crippen LogP) is 3.93. The van der Waals surface area contributed by atoms with Crippen molar-refractivity contribution in [1.82, 2.24) is 19.8 Å². The van der Waals surface area contributed by atoms with Gasteiger partial charge >= 0.3 is 5.97 Å². The van der Waals surface area contributed by atoms with Crippen molar-refractivity contribution in [1.29, 1.82) is 0 Å². The lowest BCUT2D eigenvalue weighted by Gasteiger charge is -2.46. The van der Waals surface area contributed by atoms with Crippen LogP contribution < -0.4 is 24.2 Å². The van der Waals surface area contributed by atoms with E-state index in [9.17, 15) is 33.4 Å². The number of β-lactam (4-membered cyclic amide) rings is 1. The van der Waals surface area contributed by atoms with Crippen molar-refractivity contribution < 1.29 is 47.6 Å². The molecule has 14 nitrogen and oxygen atoms in total. The molecule has 6 rings (SSSR count). The Kier molecular flexibility index (Phi) is 14.7. The van der Waals surface area contributed by atoms with E-state index in [-0.39, 0.29) is 47.2 Å². The van der Waals surface area contributed by atoms with Crippen LogP contribution in [0.4, 0.5) is 0 Å². The second-order valence-electron chi connectivity index (χ2n) is 15.3. The lowest BCUT2D eigenvalue weighted by molar-refractivity contribution is -0.163. The summed E-state index contributed by atoms with van der Waals surface area (Å²) in [6.07, 6.45) is 8.96. The number of thioether (sulfide) groups is 1. The molecule has 58 heavy (non-hydrogen) atoms. The average molecular weight is 839 g/mol. The summed E-state index contributed by atoms with van der Waals surface area (Å²) in [5.41, 5.74) is 2.89. The Labute approximate surface area is 346 Å². The van der Waals surface area contributed by atoms with Gasteiger partial charge in [0.25, 0.3) is 5.91 Å². The van der Waals surface area contributed by atoms with Gasteiger partial charge in [-0.3, -0.25) is 19.0 Å². The smallest absolute Gasteiger partial charge is 0.353 e. The Morgan fingerprint density at radius 2 is 1.84 bits per heavy atom.